The second-order valence-electron chi connectivity index (χ2n) is 3.30. The van der Waals surface area contributed by atoms with Crippen molar-refractivity contribution in [2.24, 2.45) is 0 Å². The van der Waals surface area contributed by atoms with Gasteiger partial charge in [-0.05, 0) is 19.8 Å². The monoisotopic (exact) mass is 312 g/mol. The summed E-state index contributed by atoms with van der Waals surface area (Å²) in [5, 5.41) is 0. The van der Waals surface area contributed by atoms with Gasteiger partial charge >= 0.3 is 5.97 Å². The van der Waals surface area contributed by atoms with Crippen LogP contribution in [-0.4, -0.2) is 21.7 Å². The molecule has 0 amide bonds. The lowest BCUT2D eigenvalue weighted by Gasteiger charge is -2.33. The Kier molecular flexibility index (Phi) is 4.23. The summed E-state index contributed by atoms with van der Waals surface area (Å²) in [6, 6.07) is 0. The van der Waals surface area contributed by atoms with Crippen molar-refractivity contribution in [2.45, 2.75) is 41.8 Å². The molecule has 0 unspecified atom stereocenters. The Morgan fingerprint density at radius 2 is 2.31 bits per heavy atom. The van der Waals surface area contributed by atoms with Crippen molar-refractivity contribution in [3.63, 3.8) is 0 Å². The van der Waals surface area contributed by atoms with Crippen molar-refractivity contribution in [3.05, 3.63) is 0 Å². The fourth-order valence-corrected chi connectivity index (χ4v) is 2.94. The summed E-state index contributed by atoms with van der Waals surface area (Å²) in [6.07, 6.45) is 4.17. The van der Waals surface area contributed by atoms with Crippen LogP contribution in [0.1, 0.15) is 32.6 Å². The van der Waals surface area contributed by atoms with Crippen LogP contribution < -0.4 is 0 Å². The molecule has 0 aromatic heterocycles. The Morgan fingerprint density at radius 1 is 1.62 bits per heavy atom. The highest BCUT2D eigenvalue weighted by molar-refractivity contribution is 9.12. The molecule has 0 aromatic carbocycles. The molecule has 1 saturated carbocycles. The fraction of sp³-hybridized carbons (Fsp3) is 0.889. The highest BCUT2D eigenvalue weighted by Gasteiger charge is 2.44. The molecule has 0 saturated heterocycles. The summed E-state index contributed by atoms with van der Waals surface area (Å²) in [4.78, 5) is 11.8. The van der Waals surface area contributed by atoms with Crippen molar-refractivity contribution in [2.75, 3.05) is 6.61 Å². The van der Waals surface area contributed by atoms with Crippen LogP contribution in [-0.2, 0) is 9.53 Å². The Balaban J connectivity index is 2.65. The number of carbonyl (C=O) groups excluding carboxylic acids is 1. The number of carbonyl (C=O) groups is 1. The molecule has 1 rings (SSSR count). The van der Waals surface area contributed by atoms with Gasteiger partial charge in [-0.3, -0.25) is 4.79 Å². The van der Waals surface area contributed by atoms with Crippen LogP contribution in [0.25, 0.3) is 0 Å². The zero-order valence-corrected chi connectivity index (χ0v) is 10.9. The molecule has 2 atom stereocenters. The number of rotatable bonds is 2. The van der Waals surface area contributed by atoms with Crippen molar-refractivity contribution in [1.82, 2.24) is 0 Å². The van der Waals surface area contributed by atoms with Crippen LogP contribution in [0.4, 0.5) is 0 Å². The Labute approximate surface area is 95.7 Å². The van der Waals surface area contributed by atoms with Crippen LogP contribution in [0.5, 0.6) is 0 Å². The molecule has 1 fully saturated rings. The minimum Gasteiger partial charge on any atom is -0.465 e. The maximum atomic E-state index is 11.6. The predicted octanol–water partition coefficient (Wildman–Crippen LogP) is 3.02. The predicted molar refractivity (Wildman–Crippen MR) is 59.5 cm³/mol. The van der Waals surface area contributed by atoms with E-state index in [1.807, 2.05) is 6.92 Å². The van der Waals surface area contributed by atoms with Crippen molar-refractivity contribution >= 4 is 37.8 Å². The Bertz CT molecular complexity index is 196. The van der Waals surface area contributed by atoms with Gasteiger partial charge in [0.25, 0.3) is 0 Å². The van der Waals surface area contributed by atoms with Gasteiger partial charge in [-0.2, -0.15) is 0 Å². The molecule has 0 N–H and O–H groups in total. The quantitative estimate of drug-likeness (QED) is 0.578. The van der Waals surface area contributed by atoms with Crippen LogP contribution in [0.2, 0.25) is 0 Å². The summed E-state index contributed by atoms with van der Waals surface area (Å²) < 4.78 is 4.55. The Hall–Kier alpha value is 0.430. The highest BCUT2D eigenvalue weighted by atomic mass is 79.9. The first-order valence-corrected chi connectivity index (χ1v) is 6.32. The molecular formula is C9H14Br2O2. The topological polar surface area (TPSA) is 26.3 Å². The average Bonchev–Trinajstić information content (AvgIpc) is 2.11. The first-order valence-electron chi connectivity index (χ1n) is 4.61. The van der Waals surface area contributed by atoms with Gasteiger partial charge in [-0.25, -0.2) is 0 Å². The minimum atomic E-state index is -0.485. The number of esters is 1. The zero-order chi connectivity index (χ0) is 9.90. The molecule has 0 aliphatic heterocycles. The molecule has 1 aliphatic carbocycles. The number of alkyl halides is 2. The minimum absolute atomic E-state index is 0.128. The molecule has 76 valence electrons. The lowest BCUT2D eigenvalue weighted by Crippen LogP contribution is -2.44. The van der Waals surface area contributed by atoms with E-state index < -0.39 is 4.32 Å². The van der Waals surface area contributed by atoms with Gasteiger partial charge in [0.2, 0.25) is 0 Å². The summed E-state index contributed by atoms with van der Waals surface area (Å²) in [5.74, 6) is -0.128. The molecular weight excluding hydrogens is 300 g/mol. The van der Waals surface area contributed by atoms with E-state index in [0.717, 1.165) is 19.3 Å². The molecule has 0 heterocycles. The fourth-order valence-electron chi connectivity index (χ4n) is 1.57. The lowest BCUT2D eigenvalue weighted by atomic mass is 9.89. The van der Waals surface area contributed by atoms with Gasteiger partial charge in [0.15, 0.2) is 0 Å². The van der Waals surface area contributed by atoms with E-state index in [2.05, 4.69) is 31.9 Å². The molecule has 13 heavy (non-hydrogen) atoms. The second kappa shape index (κ2) is 4.78. The van der Waals surface area contributed by atoms with Gasteiger partial charge < -0.3 is 4.74 Å². The van der Waals surface area contributed by atoms with Crippen molar-refractivity contribution in [3.8, 4) is 0 Å². The van der Waals surface area contributed by atoms with E-state index in [4.69, 9.17) is 4.74 Å². The molecule has 0 bridgehead atoms. The van der Waals surface area contributed by atoms with Crippen molar-refractivity contribution < 1.29 is 9.53 Å². The molecule has 0 spiro atoms. The van der Waals surface area contributed by atoms with E-state index in [1.54, 1.807) is 0 Å². The maximum Gasteiger partial charge on any atom is 0.324 e. The van der Waals surface area contributed by atoms with Crippen LogP contribution in [0, 0.1) is 0 Å². The van der Waals surface area contributed by atoms with E-state index in [-0.39, 0.29) is 10.8 Å². The largest absolute Gasteiger partial charge is 0.465 e. The first-order chi connectivity index (χ1) is 6.11. The Morgan fingerprint density at radius 3 is 2.85 bits per heavy atom. The number of halogens is 2. The van der Waals surface area contributed by atoms with Crippen LogP contribution in [0.15, 0.2) is 0 Å². The number of hydrogen-bond acceptors (Lipinski definition) is 2. The third-order valence-corrected chi connectivity index (χ3v) is 5.49. The normalized spacial score (nSPS) is 34.2. The van der Waals surface area contributed by atoms with E-state index >= 15 is 0 Å². The number of hydrogen-bond donors (Lipinski definition) is 0. The van der Waals surface area contributed by atoms with Gasteiger partial charge in [0.1, 0.15) is 4.32 Å². The van der Waals surface area contributed by atoms with E-state index in [1.165, 1.54) is 6.42 Å². The lowest BCUT2D eigenvalue weighted by molar-refractivity contribution is -0.146. The van der Waals surface area contributed by atoms with Gasteiger partial charge in [-0.15, -0.1) is 0 Å². The van der Waals surface area contributed by atoms with Crippen LogP contribution >= 0.6 is 31.9 Å². The summed E-state index contributed by atoms with van der Waals surface area (Å²) in [6.45, 7) is 2.28. The molecule has 4 heteroatoms. The second-order valence-corrected chi connectivity index (χ2v) is 5.82. The standard InChI is InChI=1S/C9H14Br2O2/c1-2-13-8(12)9(11)6-4-3-5-7(9)10/h7H,2-6H2,1H3/t7-,9-/m1/s1. The third-order valence-electron chi connectivity index (χ3n) is 2.36. The summed E-state index contributed by atoms with van der Waals surface area (Å²) in [5.41, 5.74) is 0. The van der Waals surface area contributed by atoms with E-state index in [9.17, 15) is 4.79 Å². The van der Waals surface area contributed by atoms with Gasteiger partial charge in [0, 0.05) is 4.83 Å². The summed E-state index contributed by atoms with van der Waals surface area (Å²) >= 11 is 7.04. The first kappa shape index (κ1) is 11.5. The van der Waals surface area contributed by atoms with Crippen molar-refractivity contribution in [1.29, 1.82) is 0 Å². The third kappa shape index (κ3) is 2.46. The van der Waals surface area contributed by atoms with Gasteiger partial charge in [-0.1, -0.05) is 44.7 Å². The average molecular weight is 314 g/mol. The molecule has 2 nitrogen and oxygen atoms in total. The van der Waals surface area contributed by atoms with E-state index in [0.29, 0.717) is 6.61 Å². The molecule has 1 aliphatic rings. The van der Waals surface area contributed by atoms with Crippen LogP contribution in [0.3, 0.4) is 0 Å². The highest BCUT2D eigenvalue weighted by Crippen LogP contribution is 2.41. The number of ether oxygens (including phenoxy) is 1. The SMILES string of the molecule is CCOC(=O)[C@@]1(Br)CCCC[C@H]1Br. The van der Waals surface area contributed by atoms with Gasteiger partial charge in [0.05, 0.1) is 6.61 Å². The molecule has 0 aromatic rings. The maximum absolute atomic E-state index is 11.6. The summed E-state index contributed by atoms with van der Waals surface area (Å²) in [7, 11) is 0. The molecule has 0 radical (unpaired) electrons. The smallest absolute Gasteiger partial charge is 0.324 e. The zero-order valence-electron chi connectivity index (χ0n) is 7.69.